The van der Waals surface area contributed by atoms with Crippen molar-refractivity contribution in [1.29, 1.82) is 0 Å². The summed E-state index contributed by atoms with van der Waals surface area (Å²) in [5.41, 5.74) is 1.64. The summed E-state index contributed by atoms with van der Waals surface area (Å²) in [7, 11) is -3.35. The number of ketones is 1. The fraction of sp³-hybridized carbons (Fsp3) is 0.562. The number of carbonyl (C=O) groups is 1. The Morgan fingerprint density at radius 3 is 2.25 bits per heavy atom. The lowest BCUT2D eigenvalue weighted by molar-refractivity contribution is 0.0991. The Kier molecular flexibility index (Phi) is 4.63. The normalized spacial score (nSPS) is 18.1. The van der Waals surface area contributed by atoms with E-state index in [4.69, 9.17) is 0 Å². The fourth-order valence-corrected chi connectivity index (χ4v) is 4.80. The number of carbonyl (C=O) groups excluding carboxylic acids is 1. The molecule has 0 saturated heterocycles. The van der Waals surface area contributed by atoms with Crippen molar-refractivity contribution in [2.75, 3.05) is 0 Å². The van der Waals surface area contributed by atoms with E-state index in [1.54, 1.807) is 12.1 Å². The van der Waals surface area contributed by atoms with Crippen LogP contribution in [0.2, 0.25) is 0 Å². The molecule has 1 aliphatic carbocycles. The van der Waals surface area contributed by atoms with Crippen LogP contribution >= 0.6 is 0 Å². The second kappa shape index (κ2) is 6.08. The van der Waals surface area contributed by atoms with Crippen LogP contribution in [0, 0.1) is 0 Å². The van der Waals surface area contributed by atoms with E-state index in [1.807, 2.05) is 19.1 Å². The topological polar surface area (TPSA) is 51.2 Å². The zero-order chi connectivity index (χ0) is 14.8. The van der Waals surface area contributed by atoms with Gasteiger partial charge in [-0.25, -0.2) is 8.42 Å². The van der Waals surface area contributed by atoms with Gasteiger partial charge in [0.15, 0.2) is 15.6 Å². The van der Waals surface area contributed by atoms with Crippen molar-refractivity contribution in [3.05, 3.63) is 35.4 Å². The Labute approximate surface area is 121 Å². The molecule has 0 radical (unpaired) electrons. The minimum atomic E-state index is -3.35. The van der Waals surface area contributed by atoms with Crippen molar-refractivity contribution in [3.8, 4) is 0 Å². The van der Waals surface area contributed by atoms with E-state index < -0.39 is 15.1 Å². The van der Waals surface area contributed by atoms with Crippen molar-refractivity contribution < 1.29 is 13.2 Å². The molecule has 110 valence electrons. The third kappa shape index (κ3) is 2.95. The number of hydrogen-bond donors (Lipinski definition) is 0. The van der Waals surface area contributed by atoms with E-state index >= 15 is 0 Å². The SMILES string of the molecule is CCc1ccc(C(=O)C(C)S(=O)(=O)C2CCCC2)cc1. The number of Topliss-reactive ketones (excluding diaryl/α,β-unsaturated/α-hetero) is 1. The Morgan fingerprint density at radius 2 is 1.75 bits per heavy atom. The van der Waals surface area contributed by atoms with E-state index in [0.717, 1.165) is 24.8 Å². The van der Waals surface area contributed by atoms with Gasteiger partial charge in [-0.15, -0.1) is 0 Å². The summed E-state index contributed by atoms with van der Waals surface area (Å²) in [5.74, 6) is -0.278. The molecule has 0 N–H and O–H groups in total. The molecule has 0 aliphatic heterocycles. The Balaban J connectivity index is 2.18. The van der Waals surface area contributed by atoms with Crippen molar-refractivity contribution in [2.24, 2.45) is 0 Å². The van der Waals surface area contributed by atoms with Crippen molar-refractivity contribution in [2.45, 2.75) is 56.5 Å². The molecule has 2 rings (SSSR count). The van der Waals surface area contributed by atoms with Gasteiger partial charge in [-0.3, -0.25) is 4.79 Å². The third-order valence-electron chi connectivity index (χ3n) is 4.28. The maximum atomic E-state index is 12.4. The molecule has 0 amide bonds. The number of hydrogen-bond acceptors (Lipinski definition) is 3. The van der Waals surface area contributed by atoms with E-state index in [2.05, 4.69) is 0 Å². The van der Waals surface area contributed by atoms with Crippen LogP contribution in [-0.4, -0.2) is 24.7 Å². The third-order valence-corrected chi connectivity index (χ3v) is 6.88. The molecule has 1 unspecified atom stereocenters. The van der Waals surface area contributed by atoms with Crippen LogP contribution in [0.1, 0.15) is 55.5 Å². The van der Waals surface area contributed by atoms with Gasteiger partial charge in [0.05, 0.1) is 5.25 Å². The molecule has 1 atom stereocenters. The van der Waals surface area contributed by atoms with Crippen LogP contribution in [0.25, 0.3) is 0 Å². The fourth-order valence-electron chi connectivity index (χ4n) is 2.79. The number of rotatable bonds is 5. The van der Waals surface area contributed by atoms with Gasteiger partial charge in [0, 0.05) is 5.56 Å². The number of sulfone groups is 1. The van der Waals surface area contributed by atoms with Crippen molar-refractivity contribution in [3.63, 3.8) is 0 Å². The van der Waals surface area contributed by atoms with Gasteiger partial charge in [-0.2, -0.15) is 0 Å². The Bertz CT molecular complexity index is 566. The van der Waals surface area contributed by atoms with Crippen LogP contribution < -0.4 is 0 Å². The van der Waals surface area contributed by atoms with E-state index in [-0.39, 0.29) is 11.0 Å². The molecule has 0 heterocycles. The van der Waals surface area contributed by atoms with E-state index in [9.17, 15) is 13.2 Å². The first-order chi connectivity index (χ1) is 9.46. The van der Waals surface area contributed by atoms with Crippen LogP contribution in [0.15, 0.2) is 24.3 Å². The quantitative estimate of drug-likeness (QED) is 0.784. The second-order valence-electron chi connectivity index (χ2n) is 5.55. The molecule has 4 heteroatoms. The molecule has 0 bridgehead atoms. The molecule has 3 nitrogen and oxygen atoms in total. The first-order valence-electron chi connectivity index (χ1n) is 7.32. The van der Waals surface area contributed by atoms with Gasteiger partial charge < -0.3 is 0 Å². The van der Waals surface area contributed by atoms with Gasteiger partial charge in [0.1, 0.15) is 5.25 Å². The summed E-state index contributed by atoms with van der Waals surface area (Å²) in [6.07, 6.45) is 4.22. The summed E-state index contributed by atoms with van der Waals surface area (Å²) in [6.45, 7) is 3.58. The van der Waals surface area contributed by atoms with Gasteiger partial charge in [0.25, 0.3) is 0 Å². The lowest BCUT2D eigenvalue weighted by atomic mass is 10.1. The lowest BCUT2D eigenvalue weighted by Gasteiger charge is -2.17. The number of aryl methyl sites for hydroxylation is 1. The molecule has 20 heavy (non-hydrogen) atoms. The lowest BCUT2D eigenvalue weighted by Crippen LogP contribution is -2.34. The van der Waals surface area contributed by atoms with E-state index in [1.165, 1.54) is 6.92 Å². The first-order valence-corrected chi connectivity index (χ1v) is 8.93. The minimum Gasteiger partial charge on any atom is -0.293 e. The highest BCUT2D eigenvalue weighted by atomic mass is 32.2. The monoisotopic (exact) mass is 294 g/mol. The van der Waals surface area contributed by atoms with Gasteiger partial charge in [-0.05, 0) is 31.7 Å². The van der Waals surface area contributed by atoms with Gasteiger partial charge in [-0.1, -0.05) is 44.0 Å². The highest BCUT2D eigenvalue weighted by Crippen LogP contribution is 2.28. The summed E-state index contributed by atoms with van der Waals surface area (Å²) >= 11 is 0. The standard InChI is InChI=1S/C16H22O3S/c1-3-13-8-10-14(11-9-13)16(17)12(2)20(18,19)15-6-4-5-7-15/h8-12,15H,3-7H2,1-2H3. The average molecular weight is 294 g/mol. The Morgan fingerprint density at radius 1 is 1.20 bits per heavy atom. The van der Waals surface area contributed by atoms with Crippen LogP contribution in [0.4, 0.5) is 0 Å². The van der Waals surface area contributed by atoms with E-state index in [0.29, 0.717) is 18.4 Å². The van der Waals surface area contributed by atoms with Crippen LogP contribution in [-0.2, 0) is 16.3 Å². The molecule has 1 saturated carbocycles. The maximum Gasteiger partial charge on any atom is 0.180 e. The summed E-state index contributed by atoms with van der Waals surface area (Å²) in [5, 5.41) is -1.26. The molecule has 1 fully saturated rings. The summed E-state index contributed by atoms with van der Waals surface area (Å²) < 4.78 is 24.9. The van der Waals surface area contributed by atoms with Gasteiger partial charge >= 0.3 is 0 Å². The van der Waals surface area contributed by atoms with Crippen molar-refractivity contribution >= 4 is 15.6 Å². The molecular weight excluding hydrogens is 272 g/mol. The highest BCUT2D eigenvalue weighted by molar-refractivity contribution is 7.93. The maximum absolute atomic E-state index is 12.4. The zero-order valence-corrected chi connectivity index (χ0v) is 12.9. The summed E-state index contributed by atoms with van der Waals surface area (Å²) in [4.78, 5) is 12.4. The van der Waals surface area contributed by atoms with Crippen LogP contribution in [0.5, 0.6) is 0 Å². The molecular formula is C16H22O3S. The molecule has 1 aromatic carbocycles. The highest BCUT2D eigenvalue weighted by Gasteiger charge is 2.37. The molecule has 1 aliphatic rings. The zero-order valence-electron chi connectivity index (χ0n) is 12.1. The van der Waals surface area contributed by atoms with Crippen LogP contribution in [0.3, 0.4) is 0 Å². The molecule has 0 aromatic heterocycles. The average Bonchev–Trinajstić information content (AvgIpc) is 3.00. The minimum absolute atomic E-state index is 0.278. The first kappa shape index (κ1) is 15.2. The van der Waals surface area contributed by atoms with Gasteiger partial charge in [0.2, 0.25) is 0 Å². The second-order valence-corrected chi connectivity index (χ2v) is 8.10. The largest absolute Gasteiger partial charge is 0.293 e. The number of benzene rings is 1. The van der Waals surface area contributed by atoms with Crippen molar-refractivity contribution in [1.82, 2.24) is 0 Å². The Hall–Kier alpha value is -1.16. The molecule has 0 spiro atoms. The smallest absolute Gasteiger partial charge is 0.180 e. The predicted octanol–water partition coefficient (Wildman–Crippen LogP) is 3.18. The molecule has 1 aromatic rings. The summed E-state index contributed by atoms with van der Waals surface area (Å²) in [6, 6.07) is 7.26. The predicted molar refractivity (Wildman–Crippen MR) is 80.8 cm³/mol.